The van der Waals surface area contributed by atoms with Gasteiger partial charge >= 0.3 is 0 Å². The van der Waals surface area contributed by atoms with E-state index in [9.17, 15) is 0 Å². The van der Waals surface area contributed by atoms with E-state index in [1.54, 1.807) is 0 Å². The van der Waals surface area contributed by atoms with Crippen LogP contribution in [-0.2, 0) is 5.41 Å². The summed E-state index contributed by atoms with van der Waals surface area (Å²) in [6.07, 6.45) is 4.67. The van der Waals surface area contributed by atoms with Crippen molar-refractivity contribution in [1.29, 1.82) is 0 Å². The molecule has 2 heterocycles. The van der Waals surface area contributed by atoms with Crippen molar-refractivity contribution in [1.82, 2.24) is 9.97 Å². The molecular weight excluding hydrogens is 558 g/mol. The molecule has 0 saturated heterocycles. The summed E-state index contributed by atoms with van der Waals surface area (Å²) in [5.41, 5.74) is 14.3. The Hall–Kier alpha value is -5.54. The van der Waals surface area contributed by atoms with Crippen molar-refractivity contribution in [3.8, 4) is 22.4 Å². The highest BCUT2D eigenvalue weighted by molar-refractivity contribution is 5.98. The van der Waals surface area contributed by atoms with Crippen molar-refractivity contribution in [2.24, 2.45) is 0 Å². The normalized spacial score (nSPS) is 18.3. The molecule has 6 aromatic carbocycles. The number of aromatic nitrogens is 2. The third-order valence-electron chi connectivity index (χ3n) is 10.6. The third-order valence-corrected chi connectivity index (χ3v) is 10.6. The van der Waals surface area contributed by atoms with Crippen LogP contribution in [0.5, 0.6) is 0 Å². The molecule has 3 nitrogen and oxygen atoms in total. The average molecular weight is 590 g/mol. The summed E-state index contributed by atoms with van der Waals surface area (Å²) in [6, 6.07) is 46.3. The zero-order chi connectivity index (χ0) is 30.6. The Morgan fingerprint density at radius 2 is 1.39 bits per heavy atom. The fraction of sp³-hybridized carbons (Fsp3) is 0.116. The SMILES string of the molecule is CC1(C)c2ccccc2-c2ccc(-c3nc4ccccc4nc3N3c4ccc5ccccc5c4C4c5ccccc5C=CC43)cc21. The molecule has 1 aromatic heterocycles. The summed E-state index contributed by atoms with van der Waals surface area (Å²) in [7, 11) is 0. The molecule has 1 aliphatic heterocycles. The molecule has 7 aromatic rings. The van der Waals surface area contributed by atoms with Crippen LogP contribution in [0.1, 0.15) is 47.6 Å². The molecule has 46 heavy (non-hydrogen) atoms. The number of rotatable bonds is 2. The summed E-state index contributed by atoms with van der Waals surface area (Å²) in [4.78, 5) is 13.3. The van der Waals surface area contributed by atoms with Crippen molar-refractivity contribution in [3.63, 3.8) is 0 Å². The Bertz CT molecular complexity index is 2430. The van der Waals surface area contributed by atoms with Crippen molar-refractivity contribution in [3.05, 3.63) is 161 Å². The number of benzene rings is 6. The number of nitrogens with zero attached hydrogens (tertiary/aromatic N) is 3. The van der Waals surface area contributed by atoms with E-state index in [4.69, 9.17) is 9.97 Å². The fourth-order valence-electron chi connectivity index (χ4n) is 8.45. The van der Waals surface area contributed by atoms with Gasteiger partial charge in [0.2, 0.25) is 0 Å². The van der Waals surface area contributed by atoms with Gasteiger partial charge in [0.15, 0.2) is 5.82 Å². The largest absolute Gasteiger partial charge is 0.316 e. The second kappa shape index (κ2) is 9.24. The van der Waals surface area contributed by atoms with Crippen LogP contribution in [0.4, 0.5) is 11.5 Å². The first-order valence-corrected chi connectivity index (χ1v) is 16.2. The number of hydrogen-bond donors (Lipinski definition) is 0. The molecule has 2 atom stereocenters. The topological polar surface area (TPSA) is 29.0 Å². The molecule has 3 aliphatic rings. The highest BCUT2D eigenvalue weighted by Gasteiger charge is 2.44. The lowest BCUT2D eigenvalue weighted by atomic mass is 9.80. The first kappa shape index (κ1) is 25.8. The molecule has 0 saturated carbocycles. The lowest BCUT2D eigenvalue weighted by Gasteiger charge is -2.32. The fourth-order valence-corrected chi connectivity index (χ4v) is 8.45. The number of fused-ring (bicyclic) bond motifs is 11. The molecule has 2 aliphatic carbocycles. The van der Waals surface area contributed by atoms with Gasteiger partial charge in [0.25, 0.3) is 0 Å². The monoisotopic (exact) mass is 589 g/mol. The molecule has 0 spiro atoms. The van der Waals surface area contributed by atoms with Gasteiger partial charge in [0, 0.05) is 22.6 Å². The summed E-state index contributed by atoms with van der Waals surface area (Å²) in [6.45, 7) is 4.68. The molecule has 218 valence electrons. The maximum absolute atomic E-state index is 5.46. The Labute approximate surface area is 268 Å². The van der Waals surface area contributed by atoms with E-state index in [0.717, 1.165) is 28.1 Å². The van der Waals surface area contributed by atoms with Crippen LogP contribution < -0.4 is 4.90 Å². The van der Waals surface area contributed by atoms with Gasteiger partial charge in [0.1, 0.15) is 5.69 Å². The zero-order valence-electron chi connectivity index (χ0n) is 25.8. The van der Waals surface area contributed by atoms with Gasteiger partial charge in [-0.3, -0.25) is 0 Å². The molecule has 3 heteroatoms. The molecule has 0 fully saturated rings. The number of para-hydroxylation sites is 2. The summed E-state index contributed by atoms with van der Waals surface area (Å²) in [5, 5.41) is 2.56. The van der Waals surface area contributed by atoms with Gasteiger partial charge in [-0.25, -0.2) is 9.97 Å². The lowest BCUT2D eigenvalue weighted by molar-refractivity contribution is 0.660. The first-order chi connectivity index (χ1) is 22.6. The standard InChI is InChI=1S/C43H31N3/c1-43(2)33-16-8-7-15-31(33)32-22-19-28(25-34(32)43)41-42(45-36-18-10-9-17-35(36)44-41)46-37-23-20-26-11-3-5-13-29(26)39(37)40-30-14-6-4-12-27(30)21-24-38(40)46/h3-25,37,39H,1-2H3. The van der Waals surface area contributed by atoms with Gasteiger partial charge in [-0.2, -0.15) is 0 Å². The minimum atomic E-state index is -0.105. The first-order valence-electron chi connectivity index (χ1n) is 16.2. The molecule has 0 amide bonds. The highest BCUT2D eigenvalue weighted by Crippen LogP contribution is 2.55. The van der Waals surface area contributed by atoms with Crippen molar-refractivity contribution in [2.75, 3.05) is 4.90 Å². The smallest absolute Gasteiger partial charge is 0.160 e. The lowest BCUT2D eigenvalue weighted by Crippen LogP contribution is -2.31. The van der Waals surface area contributed by atoms with E-state index in [2.05, 4.69) is 158 Å². The van der Waals surface area contributed by atoms with Crippen LogP contribution in [0, 0.1) is 0 Å². The van der Waals surface area contributed by atoms with Gasteiger partial charge in [-0.1, -0.05) is 129 Å². The van der Waals surface area contributed by atoms with E-state index in [1.807, 2.05) is 0 Å². The Morgan fingerprint density at radius 1 is 0.652 bits per heavy atom. The van der Waals surface area contributed by atoms with E-state index in [-0.39, 0.29) is 17.4 Å². The van der Waals surface area contributed by atoms with Gasteiger partial charge in [0.05, 0.1) is 17.1 Å². The second-order valence-corrected chi connectivity index (χ2v) is 13.4. The quantitative estimate of drug-likeness (QED) is 0.201. The predicted octanol–water partition coefficient (Wildman–Crippen LogP) is 10.4. The Balaban J connectivity index is 1.25. The van der Waals surface area contributed by atoms with Crippen LogP contribution >= 0.6 is 0 Å². The van der Waals surface area contributed by atoms with E-state index >= 15 is 0 Å². The zero-order valence-corrected chi connectivity index (χ0v) is 25.8. The van der Waals surface area contributed by atoms with Crippen molar-refractivity contribution >= 4 is 39.4 Å². The second-order valence-electron chi connectivity index (χ2n) is 13.4. The minimum Gasteiger partial charge on any atom is -0.316 e. The molecule has 0 bridgehead atoms. The van der Waals surface area contributed by atoms with E-state index < -0.39 is 0 Å². The Morgan fingerprint density at radius 3 is 2.30 bits per heavy atom. The number of hydrogen-bond acceptors (Lipinski definition) is 3. The Kier molecular flexibility index (Phi) is 5.18. The number of anilines is 2. The maximum atomic E-state index is 5.46. The van der Waals surface area contributed by atoms with Crippen LogP contribution in [0.25, 0.3) is 50.3 Å². The molecular formula is C43H31N3. The van der Waals surface area contributed by atoms with Gasteiger partial charge < -0.3 is 4.90 Å². The average Bonchev–Trinajstić information content (AvgIpc) is 3.57. The minimum absolute atomic E-state index is 0.0695. The molecule has 2 unspecified atom stereocenters. The predicted molar refractivity (Wildman–Crippen MR) is 190 cm³/mol. The summed E-state index contributed by atoms with van der Waals surface area (Å²) < 4.78 is 0. The van der Waals surface area contributed by atoms with Crippen LogP contribution in [-0.4, -0.2) is 16.0 Å². The van der Waals surface area contributed by atoms with Crippen LogP contribution in [0.2, 0.25) is 0 Å². The molecule has 0 N–H and O–H groups in total. The van der Waals surface area contributed by atoms with Crippen molar-refractivity contribution in [2.45, 2.75) is 31.2 Å². The molecule has 10 rings (SSSR count). The summed E-state index contributed by atoms with van der Waals surface area (Å²) in [5.74, 6) is 1.08. The van der Waals surface area contributed by atoms with Gasteiger partial charge in [-0.05, 0) is 74.0 Å². The highest BCUT2D eigenvalue weighted by atomic mass is 15.3. The van der Waals surface area contributed by atoms with E-state index in [1.165, 1.54) is 55.4 Å². The maximum Gasteiger partial charge on any atom is 0.160 e. The van der Waals surface area contributed by atoms with Crippen molar-refractivity contribution < 1.29 is 0 Å². The summed E-state index contributed by atoms with van der Waals surface area (Å²) >= 11 is 0. The third kappa shape index (κ3) is 3.43. The van der Waals surface area contributed by atoms with E-state index in [0.29, 0.717) is 0 Å². The van der Waals surface area contributed by atoms with Crippen LogP contribution in [0.3, 0.4) is 0 Å². The van der Waals surface area contributed by atoms with Gasteiger partial charge in [-0.15, -0.1) is 0 Å². The molecule has 0 radical (unpaired) electrons. The van der Waals surface area contributed by atoms with Crippen LogP contribution in [0.15, 0.2) is 133 Å².